The van der Waals surface area contributed by atoms with Crippen LogP contribution in [0.25, 0.3) is 22.3 Å². The van der Waals surface area contributed by atoms with Crippen molar-refractivity contribution in [2.45, 2.75) is 38.5 Å². The lowest BCUT2D eigenvalue weighted by Crippen LogP contribution is -2.32. The van der Waals surface area contributed by atoms with Crippen molar-refractivity contribution in [3.8, 4) is 17.1 Å². The highest BCUT2D eigenvalue weighted by atomic mass is 35.5. The minimum absolute atomic E-state index is 0.145. The number of pyridine rings is 2. The van der Waals surface area contributed by atoms with Gasteiger partial charge in [0.25, 0.3) is 5.56 Å². The first kappa shape index (κ1) is 19.1. The van der Waals surface area contributed by atoms with Gasteiger partial charge < -0.3 is 19.1 Å². The van der Waals surface area contributed by atoms with Crippen LogP contribution in [-0.2, 0) is 28.3 Å². The predicted octanol–water partition coefficient (Wildman–Crippen LogP) is 3.13. The van der Waals surface area contributed by atoms with Gasteiger partial charge in [0.2, 0.25) is 0 Å². The van der Waals surface area contributed by atoms with Gasteiger partial charge in [0.05, 0.1) is 47.6 Å². The highest BCUT2D eigenvalue weighted by Crippen LogP contribution is 2.39. The third-order valence-electron chi connectivity index (χ3n) is 6.04. The summed E-state index contributed by atoms with van der Waals surface area (Å²) in [6.07, 6.45) is 0.0954. The number of aromatic nitrogens is 2. The zero-order chi connectivity index (χ0) is 21.2. The van der Waals surface area contributed by atoms with E-state index in [4.69, 9.17) is 26.1 Å². The number of ether oxygens (including phenoxy) is 2. The monoisotopic (exact) mass is 426 g/mol. The van der Waals surface area contributed by atoms with Crippen molar-refractivity contribution in [2.75, 3.05) is 7.11 Å². The van der Waals surface area contributed by atoms with Gasteiger partial charge in [-0.3, -0.25) is 9.59 Å². The topological polar surface area (TPSA) is 90.7 Å². The van der Waals surface area contributed by atoms with E-state index in [-0.39, 0.29) is 25.0 Å². The molecule has 154 valence electrons. The van der Waals surface area contributed by atoms with Crippen molar-refractivity contribution >= 4 is 28.5 Å². The van der Waals surface area contributed by atoms with E-state index >= 15 is 0 Å². The van der Waals surface area contributed by atoms with Crippen LogP contribution < -0.4 is 10.3 Å². The van der Waals surface area contributed by atoms with Crippen LogP contribution in [0.3, 0.4) is 0 Å². The van der Waals surface area contributed by atoms with E-state index in [0.717, 1.165) is 10.9 Å². The van der Waals surface area contributed by atoms with Crippen LogP contribution in [-0.4, -0.2) is 27.7 Å². The zero-order valence-corrected chi connectivity index (χ0v) is 17.2. The van der Waals surface area contributed by atoms with Crippen LogP contribution in [0.1, 0.15) is 36.5 Å². The Labute approximate surface area is 176 Å². The number of methoxy groups -OCH3 is 1. The summed E-state index contributed by atoms with van der Waals surface area (Å²) in [6, 6.07) is 7.30. The van der Waals surface area contributed by atoms with Gasteiger partial charge in [-0.05, 0) is 36.2 Å². The molecule has 5 rings (SSSR count). The fraction of sp³-hybridized carbons (Fsp3) is 0.318. The molecule has 0 amide bonds. The van der Waals surface area contributed by atoms with Crippen LogP contribution in [0.4, 0.5) is 0 Å². The Kier molecular flexibility index (Phi) is 4.17. The Morgan fingerprint density at radius 1 is 1.30 bits per heavy atom. The minimum atomic E-state index is -1.45. The standard InChI is InChI=1S/C22H19ClN2O5/c1-3-22(28)8-19(26)30-10-13-14(22)6-17-20-12(9-25(17)21(13)27)4-11-5-18(29-2)15(23)7-16(11)24-20/h4-7,28H,3,8-10H2,1-2H3. The number of halogens is 1. The maximum atomic E-state index is 13.3. The molecule has 0 saturated heterocycles. The van der Waals surface area contributed by atoms with E-state index in [2.05, 4.69) is 0 Å². The number of carbonyl (C=O) groups is 1. The molecule has 0 saturated carbocycles. The van der Waals surface area contributed by atoms with Crippen molar-refractivity contribution in [3.05, 3.63) is 56.3 Å². The average molecular weight is 427 g/mol. The van der Waals surface area contributed by atoms with Gasteiger partial charge in [-0.25, -0.2) is 4.98 Å². The number of nitrogens with zero attached hydrogens (tertiary/aromatic N) is 2. The Bertz CT molecular complexity index is 1300. The molecular formula is C22H19ClN2O5. The van der Waals surface area contributed by atoms with Crippen LogP contribution >= 0.6 is 11.6 Å². The lowest BCUT2D eigenvalue weighted by Gasteiger charge is -2.26. The maximum Gasteiger partial charge on any atom is 0.309 e. The molecule has 0 aliphatic carbocycles. The van der Waals surface area contributed by atoms with Crippen molar-refractivity contribution in [1.82, 2.24) is 9.55 Å². The number of rotatable bonds is 2. The first-order valence-corrected chi connectivity index (χ1v) is 10.0. The van der Waals surface area contributed by atoms with Gasteiger partial charge in [-0.15, -0.1) is 0 Å². The molecule has 0 radical (unpaired) electrons. The largest absolute Gasteiger partial charge is 0.495 e. The summed E-state index contributed by atoms with van der Waals surface area (Å²) in [5.41, 5.74) is 1.88. The number of carbonyl (C=O) groups excluding carboxylic acids is 1. The molecule has 1 N–H and O–H groups in total. The molecule has 2 aromatic heterocycles. The molecule has 8 heteroatoms. The second-order valence-electron chi connectivity index (χ2n) is 7.71. The van der Waals surface area contributed by atoms with Gasteiger partial charge in [0.15, 0.2) is 0 Å². The first-order valence-electron chi connectivity index (χ1n) is 9.67. The second-order valence-corrected chi connectivity index (χ2v) is 8.12. The summed E-state index contributed by atoms with van der Waals surface area (Å²) < 4.78 is 12.1. The van der Waals surface area contributed by atoms with Crippen LogP contribution in [0.2, 0.25) is 5.02 Å². The number of cyclic esters (lactones) is 1. The summed E-state index contributed by atoms with van der Waals surface area (Å²) in [7, 11) is 1.55. The summed E-state index contributed by atoms with van der Waals surface area (Å²) in [5, 5.41) is 12.5. The summed E-state index contributed by atoms with van der Waals surface area (Å²) in [5.74, 6) is 0.0355. The smallest absolute Gasteiger partial charge is 0.309 e. The van der Waals surface area contributed by atoms with Crippen molar-refractivity contribution < 1.29 is 19.4 Å². The fourth-order valence-electron chi connectivity index (χ4n) is 4.34. The van der Waals surface area contributed by atoms with E-state index in [1.807, 2.05) is 12.1 Å². The van der Waals surface area contributed by atoms with Crippen molar-refractivity contribution in [3.63, 3.8) is 0 Å². The maximum absolute atomic E-state index is 13.3. The Hall–Kier alpha value is -2.90. The predicted molar refractivity (Wildman–Crippen MR) is 111 cm³/mol. The molecular weight excluding hydrogens is 408 g/mol. The van der Waals surface area contributed by atoms with Gasteiger partial charge in [0, 0.05) is 10.9 Å². The van der Waals surface area contributed by atoms with Crippen molar-refractivity contribution in [1.29, 1.82) is 0 Å². The number of hydrogen-bond donors (Lipinski definition) is 1. The lowest BCUT2D eigenvalue weighted by atomic mass is 9.85. The normalized spacial score (nSPS) is 19.7. The Morgan fingerprint density at radius 3 is 2.83 bits per heavy atom. The molecule has 7 nitrogen and oxygen atoms in total. The summed E-state index contributed by atoms with van der Waals surface area (Å²) in [4.78, 5) is 30.0. The van der Waals surface area contributed by atoms with E-state index in [0.29, 0.717) is 45.3 Å². The minimum Gasteiger partial charge on any atom is -0.495 e. The SMILES string of the molecule is CCC1(O)CC(=O)OCc2c1cc1n(c2=O)Cc2cc3cc(OC)c(Cl)cc3nc2-1. The average Bonchev–Trinajstić information content (AvgIpc) is 3.01. The molecule has 2 aliphatic heterocycles. The van der Waals surface area contributed by atoms with Gasteiger partial charge in [-0.2, -0.15) is 0 Å². The third-order valence-corrected chi connectivity index (χ3v) is 6.33. The molecule has 2 aliphatic rings. The highest BCUT2D eigenvalue weighted by Gasteiger charge is 2.39. The molecule has 3 aromatic rings. The summed E-state index contributed by atoms with van der Waals surface area (Å²) >= 11 is 6.26. The van der Waals surface area contributed by atoms with Gasteiger partial charge >= 0.3 is 5.97 Å². The van der Waals surface area contributed by atoms with E-state index in [1.54, 1.807) is 30.7 Å². The number of esters is 1. The van der Waals surface area contributed by atoms with Crippen molar-refractivity contribution in [2.24, 2.45) is 0 Å². The lowest BCUT2D eigenvalue weighted by molar-refractivity contribution is -0.149. The fourth-order valence-corrected chi connectivity index (χ4v) is 4.57. The van der Waals surface area contributed by atoms with Crippen LogP contribution in [0.15, 0.2) is 29.1 Å². The number of hydrogen-bond acceptors (Lipinski definition) is 6. The number of benzene rings is 1. The number of fused-ring (bicyclic) bond motifs is 5. The zero-order valence-electron chi connectivity index (χ0n) is 16.5. The summed E-state index contributed by atoms with van der Waals surface area (Å²) in [6.45, 7) is 1.99. The highest BCUT2D eigenvalue weighted by molar-refractivity contribution is 6.32. The van der Waals surface area contributed by atoms with E-state index in [9.17, 15) is 14.7 Å². The van der Waals surface area contributed by atoms with Gasteiger partial charge in [-0.1, -0.05) is 18.5 Å². The molecule has 0 bridgehead atoms. The van der Waals surface area contributed by atoms with Gasteiger partial charge in [0.1, 0.15) is 18.0 Å². The van der Waals surface area contributed by atoms with E-state index < -0.39 is 11.6 Å². The molecule has 1 aromatic carbocycles. The third kappa shape index (κ3) is 2.66. The quantitative estimate of drug-likeness (QED) is 0.495. The second kappa shape index (κ2) is 6.55. The molecule has 0 spiro atoms. The Balaban J connectivity index is 1.76. The molecule has 30 heavy (non-hydrogen) atoms. The molecule has 4 heterocycles. The molecule has 1 atom stereocenters. The number of aliphatic hydroxyl groups is 1. The molecule has 0 fully saturated rings. The Morgan fingerprint density at radius 2 is 2.10 bits per heavy atom. The van der Waals surface area contributed by atoms with Crippen LogP contribution in [0.5, 0.6) is 5.75 Å². The first-order chi connectivity index (χ1) is 14.3. The van der Waals surface area contributed by atoms with Crippen LogP contribution in [0, 0.1) is 0 Å². The molecule has 1 unspecified atom stereocenters. The van der Waals surface area contributed by atoms with E-state index in [1.165, 1.54) is 0 Å².